The number of carbonyl (C=O) groups excluding carboxylic acids is 2. The van der Waals surface area contributed by atoms with Crippen molar-refractivity contribution in [1.82, 2.24) is 5.32 Å². The van der Waals surface area contributed by atoms with Gasteiger partial charge in [-0.05, 0) is 44.9 Å². The molecular formula is C59H113NO5. The first-order valence-corrected chi connectivity index (χ1v) is 29.1. The van der Waals surface area contributed by atoms with Crippen LogP contribution in [0.4, 0.5) is 0 Å². The summed E-state index contributed by atoms with van der Waals surface area (Å²) in [5.41, 5.74) is 0. The summed E-state index contributed by atoms with van der Waals surface area (Å²) in [6, 6.07) is -0.712. The fourth-order valence-corrected chi connectivity index (χ4v) is 9.14. The van der Waals surface area contributed by atoms with Gasteiger partial charge < -0.3 is 20.3 Å². The lowest BCUT2D eigenvalue weighted by atomic mass is 10.0. The average molecular weight is 917 g/mol. The number of carbonyl (C=O) groups is 2. The first-order valence-electron chi connectivity index (χ1n) is 29.1. The number of hydrogen-bond donors (Lipinski definition) is 3. The third-order valence-corrected chi connectivity index (χ3v) is 13.6. The second-order valence-electron chi connectivity index (χ2n) is 20.1. The van der Waals surface area contributed by atoms with E-state index in [1.807, 2.05) is 0 Å². The van der Waals surface area contributed by atoms with Crippen LogP contribution in [0.3, 0.4) is 0 Å². The lowest BCUT2D eigenvalue weighted by molar-refractivity contribution is -0.151. The van der Waals surface area contributed by atoms with Crippen molar-refractivity contribution < 1.29 is 24.5 Å². The van der Waals surface area contributed by atoms with Gasteiger partial charge in [0, 0.05) is 6.42 Å². The van der Waals surface area contributed by atoms with Crippen LogP contribution in [-0.4, -0.2) is 46.9 Å². The Balaban J connectivity index is 4.53. The Hall–Kier alpha value is -1.66. The van der Waals surface area contributed by atoms with Gasteiger partial charge in [-0.1, -0.05) is 283 Å². The minimum Gasteiger partial charge on any atom is -0.462 e. The smallest absolute Gasteiger partial charge is 0.306 e. The van der Waals surface area contributed by atoms with Crippen LogP contribution in [0.5, 0.6) is 0 Å². The summed E-state index contributed by atoms with van der Waals surface area (Å²) >= 11 is 0. The standard InChI is InChI=1S/C59H113NO5/c1-4-7-10-13-16-19-22-25-28-29-31-33-36-39-42-45-48-51-57(62)56(54-61)60-58(63)53-55(50-47-44-41-38-35-32-27-24-21-18-15-12-9-6-3)65-59(64)52-49-46-43-40-37-34-30-26-23-20-17-14-11-8-5-2/h32,35,38,41,55-57,61-62H,4-31,33-34,36-37,39-40,42-54H2,1-3H3,(H,60,63)/b35-32+,41-38+. The van der Waals surface area contributed by atoms with Crippen molar-refractivity contribution >= 4 is 11.9 Å². The van der Waals surface area contributed by atoms with E-state index < -0.39 is 18.2 Å². The molecule has 0 fully saturated rings. The zero-order valence-corrected chi connectivity index (χ0v) is 43.9. The van der Waals surface area contributed by atoms with Gasteiger partial charge in [-0.3, -0.25) is 9.59 Å². The number of nitrogens with one attached hydrogen (secondary N) is 1. The quantitative estimate of drug-likeness (QED) is 0.0321. The van der Waals surface area contributed by atoms with E-state index in [0.29, 0.717) is 19.3 Å². The van der Waals surface area contributed by atoms with Gasteiger partial charge in [0.25, 0.3) is 0 Å². The number of unbranched alkanes of at least 4 members (excludes halogenated alkanes) is 38. The minimum absolute atomic E-state index is 0.0506. The fourth-order valence-electron chi connectivity index (χ4n) is 9.14. The van der Waals surface area contributed by atoms with Crippen molar-refractivity contribution in [2.24, 2.45) is 0 Å². The molecule has 0 radical (unpaired) electrons. The predicted octanol–water partition coefficient (Wildman–Crippen LogP) is 17.9. The molecule has 0 saturated carbocycles. The summed E-state index contributed by atoms with van der Waals surface area (Å²) in [7, 11) is 0. The number of esters is 1. The summed E-state index contributed by atoms with van der Waals surface area (Å²) < 4.78 is 5.93. The van der Waals surface area contributed by atoms with Crippen LogP contribution in [0.1, 0.15) is 316 Å². The maximum Gasteiger partial charge on any atom is 0.306 e. The molecule has 0 bridgehead atoms. The summed E-state index contributed by atoms with van der Waals surface area (Å²) in [6.07, 6.45) is 62.5. The lowest BCUT2D eigenvalue weighted by Gasteiger charge is -2.24. The van der Waals surface area contributed by atoms with Crippen LogP contribution in [0.15, 0.2) is 24.3 Å². The number of aliphatic hydroxyl groups excluding tert-OH is 2. The van der Waals surface area contributed by atoms with Gasteiger partial charge in [-0.2, -0.15) is 0 Å². The summed E-state index contributed by atoms with van der Waals surface area (Å²) in [4.78, 5) is 26.2. The molecule has 0 rings (SSSR count). The monoisotopic (exact) mass is 916 g/mol. The van der Waals surface area contributed by atoms with Crippen molar-refractivity contribution in [3.8, 4) is 0 Å². The van der Waals surface area contributed by atoms with Crippen LogP contribution in [-0.2, 0) is 14.3 Å². The van der Waals surface area contributed by atoms with Gasteiger partial charge in [0.1, 0.15) is 6.10 Å². The highest BCUT2D eigenvalue weighted by Crippen LogP contribution is 2.18. The van der Waals surface area contributed by atoms with E-state index in [4.69, 9.17) is 4.74 Å². The Bertz CT molecular complexity index is 1030. The second kappa shape index (κ2) is 53.3. The van der Waals surface area contributed by atoms with Crippen LogP contribution in [0.25, 0.3) is 0 Å². The molecule has 0 aliphatic carbocycles. The van der Waals surface area contributed by atoms with Crippen LogP contribution in [0.2, 0.25) is 0 Å². The first-order chi connectivity index (χ1) is 32.0. The molecule has 0 aromatic heterocycles. The highest BCUT2D eigenvalue weighted by Gasteiger charge is 2.24. The summed E-state index contributed by atoms with van der Waals surface area (Å²) in [6.45, 7) is 6.51. The molecule has 0 aromatic carbocycles. The zero-order valence-electron chi connectivity index (χ0n) is 43.9. The highest BCUT2D eigenvalue weighted by molar-refractivity contribution is 5.77. The van der Waals surface area contributed by atoms with Gasteiger partial charge in [-0.15, -0.1) is 0 Å². The molecule has 0 aliphatic heterocycles. The summed E-state index contributed by atoms with van der Waals surface area (Å²) in [5, 5.41) is 23.9. The van der Waals surface area contributed by atoms with Crippen molar-refractivity contribution in [1.29, 1.82) is 0 Å². The molecule has 0 spiro atoms. The predicted molar refractivity (Wildman–Crippen MR) is 283 cm³/mol. The zero-order chi connectivity index (χ0) is 47.4. The average Bonchev–Trinajstić information content (AvgIpc) is 3.30. The number of aliphatic hydroxyl groups is 2. The van der Waals surface area contributed by atoms with E-state index >= 15 is 0 Å². The number of ether oxygens (including phenoxy) is 1. The Labute approximate surface area is 405 Å². The first kappa shape index (κ1) is 63.3. The third-order valence-electron chi connectivity index (χ3n) is 13.6. The maximum atomic E-state index is 13.2. The molecule has 0 aromatic rings. The van der Waals surface area contributed by atoms with Crippen molar-refractivity contribution in [2.75, 3.05) is 6.61 Å². The van der Waals surface area contributed by atoms with Gasteiger partial charge in [0.2, 0.25) is 5.91 Å². The van der Waals surface area contributed by atoms with Crippen molar-refractivity contribution in [3.63, 3.8) is 0 Å². The fraction of sp³-hybridized carbons (Fsp3) is 0.898. The molecule has 384 valence electrons. The molecule has 3 N–H and O–H groups in total. The molecule has 0 saturated heterocycles. The molecule has 6 nitrogen and oxygen atoms in total. The van der Waals surface area contributed by atoms with Gasteiger partial charge in [0.05, 0.1) is 25.2 Å². The van der Waals surface area contributed by atoms with Gasteiger partial charge in [-0.25, -0.2) is 0 Å². The van der Waals surface area contributed by atoms with Crippen molar-refractivity contribution in [3.05, 3.63) is 24.3 Å². The topological polar surface area (TPSA) is 95.9 Å². The van der Waals surface area contributed by atoms with E-state index in [2.05, 4.69) is 50.4 Å². The molecule has 0 heterocycles. The molecule has 3 atom stereocenters. The van der Waals surface area contributed by atoms with Gasteiger partial charge >= 0.3 is 5.97 Å². The Morgan fingerprint density at radius 2 is 0.785 bits per heavy atom. The molecule has 65 heavy (non-hydrogen) atoms. The Morgan fingerprint density at radius 3 is 1.17 bits per heavy atom. The third kappa shape index (κ3) is 48.6. The SMILES string of the molecule is CCCCCCCCC/C=C/C=C/CCCC(CC(=O)NC(CO)C(O)CCCCCCCCCCCCCCCCCCC)OC(=O)CCCCCCCCCCCCCCCCC. The Morgan fingerprint density at radius 1 is 0.446 bits per heavy atom. The van der Waals surface area contributed by atoms with E-state index in [9.17, 15) is 19.8 Å². The lowest BCUT2D eigenvalue weighted by Crippen LogP contribution is -2.46. The summed E-state index contributed by atoms with van der Waals surface area (Å²) in [5.74, 6) is -0.502. The van der Waals surface area contributed by atoms with E-state index in [1.54, 1.807) is 0 Å². The minimum atomic E-state index is -0.796. The Kier molecular flexibility index (Phi) is 51.9. The van der Waals surface area contributed by atoms with Crippen LogP contribution in [0, 0.1) is 0 Å². The van der Waals surface area contributed by atoms with Crippen molar-refractivity contribution in [2.45, 2.75) is 334 Å². The maximum absolute atomic E-state index is 13.2. The molecule has 0 aliphatic rings. The highest BCUT2D eigenvalue weighted by atomic mass is 16.5. The number of rotatable bonds is 53. The van der Waals surface area contributed by atoms with Crippen LogP contribution >= 0.6 is 0 Å². The largest absolute Gasteiger partial charge is 0.462 e. The molecule has 3 unspecified atom stereocenters. The van der Waals surface area contributed by atoms with E-state index in [1.165, 1.54) is 212 Å². The van der Waals surface area contributed by atoms with Crippen LogP contribution < -0.4 is 5.32 Å². The van der Waals surface area contributed by atoms with E-state index in [-0.39, 0.29) is 24.9 Å². The molecular weight excluding hydrogens is 803 g/mol. The molecule has 1 amide bonds. The van der Waals surface area contributed by atoms with E-state index in [0.717, 1.165) is 57.8 Å². The number of amides is 1. The number of allylic oxidation sites excluding steroid dienone is 4. The number of hydrogen-bond acceptors (Lipinski definition) is 5. The molecule has 6 heteroatoms. The van der Waals surface area contributed by atoms with Gasteiger partial charge in [0.15, 0.2) is 0 Å². The second-order valence-corrected chi connectivity index (χ2v) is 20.1. The normalized spacial score (nSPS) is 13.2.